The first-order valence-electron chi connectivity index (χ1n) is 7.36. The highest BCUT2D eigenvalue weighted by atomic mass is 32.2. The van der Waals surface area contributed by atoms with Gasteiger partial charge in [-0.15, -0.1) is 0 Å². The van der Waals surface area contributed by atoms with Crippen molar-refractivity contribution >= 4 is 11.8 Å². The molecular weight excluding hydrogens is 254 g/mol. The number of hydrogen-bond acceptors (Lipinski definition) is 3. The average molecular weight is 283 g/mol. The van der Waals surface area contributed by atoms with Gasteiger partial charge in [0.05, 0.1) is 6.04 Å². The number of aryl methyl sites for hydroxylation is 1. The number of nitrogens with zero attached hydrogens (tertiary/aromatic N) is 2. The number of thioether (sulfide) groups is 1. The fraction of sp³-hybridized carbons (Fsp3) is 0.800. The van der Waals surface area contributed by atoms with Gasteiger partial charge in [0, 0.05) is 29.4 Å². The second-order valence-electron chi connectivity index (χ2n) is 5.91. The summed E-state index contributed by atoms with van der Waals surface area (Å²) in [5, 5.41) is 3.64. The first kappa shape index (κ1) is 16.6. The third-order valence-corrected chi connectivity index (χ3v) is 4.21. The van der Waals surface area contributed by atoms with Crippen LogP contribution in [-0.2, 0) is 6.54 Å². The monoisotopic (exact) mass is 283 g/mol. The van der Waals surface area contributed by atoms with Crippen LogP contribution in [0.4, 0.5) is 0 Å². The van der Waals surface area contributed by atoms with Crippen LogP contribution < -0.4 is 5.32 Å². The summed E-state index contributed by atoms with van der Waals surface area (Å²) in [6.45, 7) is 13.3. The zero-order chi connectivity index (χ0) is 14.3. The molecule has 0 saturated heterocycles. The van der Waals surface area contributed by atoms with Crippen molar-refractivity contribution in [3.8, 4) is 0 Å². The standard InChI is InChI=1S/C15H29N3S/c1-6-8-16-13(12-19-15(3,4)5)14-17-9-11-18(14)10-7-2/h9,11,13,16H,6-8,10,12H2,1-5H3. The summed E-state index contributed by atoms with van der Waals surface area (Å²) < 4.78 is 2.59. The molecule has 110 valence electrons. The number of imidazole rings is 1. The maximum absolute atomic E-state index is 4.58. The Bertz CT molecular complexity index is 355. The van der Waals surface area contributed by atoms with E-state index in [9.17, 15) is 0 Å². The molecule has 0 aromatic carbocycles. The highest BCUT2D eigenvalue weighted by Gasteiger charge is 2.20. The van der Waals surface area contributed by atoms with Gasteiger partial charge in [0.2, 0.25) is 0 Å². The van der Waals surface area contributed by atoms with Crippen molar-refractivity contribution in [1.29, 1.82) is 0 Å². The molecule has 1 N–H and O–H groups in total. The highest BCUT2D eigenvalue weighted by Crippen LogP contribution is 2.28. The lowest BCUT2D eigenvalue weighted by Crippen LogP contribution is -2.28. The van der Waals surface area contributed by atoms with E-state index in [1.807, 2.05) is 18.0 Å². The highest BCUT2D eigenvalue weighted by molar-refractivity contribution is 8.00. The van der Waals surface area contributed by atoms with E-state index in [4.69, 9.17) is 0 Å². The summed E-state index contributed by atoms with van der Waals surface area (Å²) in [6.07, 6.45) is 6.33. The van der Waals surface area contributed by atoms with E-state index < -0.39 is 0 Å². The molecule has 1 rings (SSSR count). The lowest BCUT2D eigenvalue weighted by molar-refractivity contribution is 0.512. The smallest absolute Gasteiger partial charge is 0.126 e. The molecule has 0 fully saturated rings. The van der Waals surface area contributed by atoms with Crippen LogP contribution in [0.25, 0.3) is 0 Å². The fourth-order valence-corrected chi connectivity index (χ4v) is 2.87. The minimum absolute atomic E-state index is 0.300. The molecule has 1 unspecified atom stereocenters. The minimum atomic E-state index is 0.300. The van der Waals surface area contributed by atoms with E-state index in [1.165, 1.54) is 5.82 Å². The molecule has 0 spiro atoms. The Kier molecular flexibility index (Phi) is 6.94. The molecule has 3 nitrogen and oxygen atoms in total. The molecule has 1 aromatic rings. The quantitative estimate of drug-likeness (QED) is 0.785. The van der Waals surface area contributed by atoms with Crippen LogP contribution in [-0.4, -0.2) is 26.6 Å². The van der Waals surface area contributed by atoms with Gasteiger partial charge >= 0.3 is 0 Å². The molecule has 1 heterocycles. The lowest BCUT2D eigenvalue weighted by atomic mass is 10.2. The van der Waals surface area contributed by atoms with Gasteiger partial charge in [-0.05, 0) is 19.4 Å². The van der Waals surface area contributed by atoms with Gasteiger partial charge in [0.1, 0.15) is 5.82 Å². The Balaban J connectivity index is 2.74. The Morgan fingerprint density at radius 2 is 2.05 bits per heavy atom. The molecule has 0 radical (unpaired) electrons. The van der Waals surface area contributed by atoms with Gasteiger partial charge in [-0.1, -0.05) is 34.6 Å². The van der Waals surface area contributed by atoms with Crippen LogP contribution in [0.1, 0.15) is 59.3 Å². The van der Waals surface area contributed by atoms with E-state index in [1.54, 1.807) is 0 Å². The van der Waals surface area contributed by atoms with Gasteiger partial charge in [0.15, 0.2) is 0 Å². The summed E-state index contributed by atoms with van der Waals surface area (Å²) in [4.78, 5) is 4.58. The Hall–Kier alpha value is -0.480. The molecular formula is C15H29N3S. The number of aromatic nitrogens is 2. The van der Waals surface area contributed by atoms with E-state index in [0.29, 0.717) is 10.8 Å². The maximum atomic E-state index is 4.58. The van der Waals surface area contributed by atoms with Crippen molar-refractivity contribution in [3.05, 3.63) is 18.2 Å². The third-order valence-electron chi connectivity index (χ3n) is 2.85. The second-order valence-corrected chi connectivity index (χ2v) is 7.76. The predicted molar refractivity (Wildman–Crippen MR) is 85.8 cm³/mol. The first-order valence-corrected chi connectivity index (χ1v) is 8.34. The van der Waals surface area contributed by atoms with Crippen molar-refractivity contribution in [2.45, 2.75) is 64.8 Å². The molecule has 1 atom stereocenters. The zero-order valence-electron chi connectivity index (χ0n) is 13.1. The summed E-state index contributed by atoms with van der Waals surface area (Å²) in [5.74, 6) is 2.26. The lowest BCUT2D eigenvalue weighted by Gasteiger charge is -2.24. The molecule has 0 amide bonds. The largest absolute Gasteiger partial charge is 0.334 e. The topological polar surface area (TPSA) is 29.9 Å². The summed E-state index contributed by atoms with van der Waals surface area (Å²) in [7, 11) is 0. The van der Waals surface area contributed by atoms with Crippen LogP contribution in [0.5, 0.6) is 0 Å². The molecule has 0 aliphatic heterocycles. The number of rotatable bonds is 8. The fourth-order valence-electron chi connectivity index (χ4n) is 1.94. The van der Waals surface area contributed by atoms with Crippen LogP contribution in [0, 0.1) is 0 Å². The van der Waals surface area contributed by atoms with Gasteiger partial charge < -0.3 is 9.88 Å². The maximum Gasteiger partial charge on any atom is 0.126 e. The van der Waals surface area contributed by atoms with E-state index in [2.05, 4.69) is 55.7 Å². The SMILES string of the molecule is CCCNC(CSC(C)(C)C)c1nccn1CCC. The van der Waals surface area contributed by atoms with Crippen LogP contribution in [0.2, 0.25) is 0 Å². The van der Waals surface area contributed by atoms with Crippen LogP contribution >= 0.6 is 11.8 Å². The molecule has 19 heavy (non-hydrogen) atoms. The molecule has 4 heteroatoms. The summed E-state index contributed by atoms with van der Waals surface area (Å²) in [6, 6.07) is 0.353. The van der Waals surface area contributed by atoms with Gasteiger partial charge in [0.25, 0.3) is 0 Å². The van der Waals surface area contributed by atoms with Crippen molar-refractivity contribution in [3.63, 3.8) is 0 Å². The van der Waals surface area contributed by atoms with Crippen molar-refractivity contribution in [1.82, 2.24) is 14.9 Å². The van der Waals surface area contributed by atoms with Crippen LogP contribution in [0.15, 0.2) is 12.4 Å². The van der Waals surface area contributed by atoms with Crippen LogP contribution in [0.3, 0.4) is 0 Å². The average Bonchev–Trinajstić information content (AvgIpc) is 2.77. The number of nitrogens with one attached hydrogen (secondary N) is 1. The van der Waals surface area contributed by atoms with Crippen molar-refractivity contribution < 1.29 is 0 Å². The van der Waals surface area contributed by atoms with Crippen molar-refractivity contribution in [2.75, 3.05) is 12.3 Å². The zero-order valence-corrected chi connectivity index (χ0v) is 13.9. The number of hydrogen-bond donors (Lipinski definition) is 1. The minimum Gasteiger partial charge on any atom is -0.334 e. The molecule has 0 bridgehead atoms. The van der Waals surface area contributed by atoms with Gasteiger partial charge in [-0.25, -0.2) is 4.98 Å². The first-order chi connectivity index (χ1) is 8.98. The molecule has 0 aliphatic carbocycles. The summed E-state index contributed by atoms with van der Waals surface area (Å²) in [5.41, 5.74) is 0. The Morgan fingerprint density at radius 1 is 1.32 bits per heavy atom. The predicted octanol–water partition coefficient (Wildman–Crippen LogP) is 3.87. The van der Waals surface area contributed by atoms with E-state index >= 15 is 0 Å². The van der Waals surface area contributed by atoms with Crippen molar-refractivity contribution in [2.24, 2.45) is 0 Å². The Labute approximate surface area is 122 Å². The summed E-state index contributed by atoms with van der Waals surface area (Å²) >= 11 is 2.00. The third kappa shape index (κ3) is 6.00. The molecule has 1 aromatic heterocycles. The van der Waals surface area contributed by atoms with Gasteiger partial charge in [-0.2, -0.15) is 11.8 Å². The molecule has 0 aliphatic rings. The van der Waals surface area contributed by atoms with E-state index in [0.717, 1.165) is 31.7 Å². The van der Waals surface area contributed by atoms with E-state index in [-0.39, 0.29) is 0 Å². The normalized spacial score (nSPS) is 13.7. The Morgan fingerprint density at radius 3 is 2.63 bits per heavy atom. The van der Waals surface area contributed by atoms with Gasteiger partial charge in [-0.3, -0.25) is 0 Å². The second kappa shape index (κ2) is 7.95. The molecule has 0 saturated carbocycles.